The molecule has 31 heavy (non-hydrogen) atoms. The van der Waals surface area contributed by atoms with E-state index >= 15 is 0 Å². The van der Waals surface area contributed by atoms with Crippen molar-refractivity contribution in [3.8, 4) is 11.3 Å². The Morgan fingerprint density at radius 1 is 1.29 bits per heavy atom. The number of hydrogen-bond donors (Lipinski definition) is 3. The van der Waals surface area contributed by atoms with Crippen LogP contribution < -0.4 is 10.6 Å². The van der Waals surface area contributed by atoms with E-state index in [2.05, 4.69) is 45.3 Å². The molecular formula is C22H25N7O2. The molecule has 0 unspecified atom stereocenters. The molecule has 1 aliphatic carbocycles. The van der Waals surface area contributed by atoms with E-state index in [1.807, 2.05) is 25.2 Å². The van der Waals surface area contributed by atoms with E-state index in [-0.39, 0.29) is 18.0 Å². The van der Waals surface area contributed by atoms with Crippen molar-refractivity contribution in [2.24, 2.45) is 0 Å². The Kier molecular flexibility index (Phi) is 4.62. The van der Waals surface area contributed by atoms with E-state index in [1.54, 1.807) is 10.7 Å². The first kappa shape index (κ1) is 19.5. The summed E-state index contributed by atoms with van der Waals surface area (Å²) in [5.41, 5.74) is 3.40. The first-order chi connectivity index (χ1) is 15.0. The number of nitrogens with zero attached hydrogens (tertiary/aromatic N) is 5. The number of rotatable bonds is 5. The normalized spacial score (nSPS) is 18.5. The van der Waals surface area contributed by atoms with Crippen LogP contribution in [-0.2, 0) is 0 Å². The highest BCUT2D eigenvalue weighted by atomic mass is 16.3. The summed E-state index contributed by atoms with van der Waals surface area (Å²) in [6.45, 7) is 4.23. The summed E-state index contributed by atoms with van der Waals surface area (Å²) in [7, 11) is 1.81. The van der Waals surface area contributed by atoms with E-state index in [1.165, 1.54) is 6.20 Å². The third-order valence-electron chi connectivity index (χ3n) is 5.95. The molecule has 0 radical (unpaired) electrons. The van der Waals surface area contributed by atoms with Crippen molar-refractivity contribution in [3.05, 3.63) is 42.4 Å². The molecule has 1 amide bonds. The fourth-order valence-electron chi connectivity index (χ4n) is 4.02. The lowest BCUT2D eigenvalue weighted by Crippen LogP contribution is -2.50. The van der Waals surface area contributed by atoms with Crippen molar-refractivity contribution < 1.29 is 9.90 Å². The van der Waals surface area contributed by atoms with Gasteiger partial charge in [-0.2, -0.15) is 9.61 Å². The van der Waals surface area contributed by atoms with Gasteiger partial charge in [0.2, 0.25) is 0 Å². The number of nitrogens with one attached hydrogen (secondary N) is 2. The Morgan fingerprint density at radius 2 is 2.13 bits per heavy atom. The molecule has 2 atom stereocenters. The Morgan fingerprint density at radius 3 is 2.81 bits per heavy atom. The first-order valence-corrected chi connectivity index (χ1v) is 10.5. The molecular weight excluding hydrogens is 394 g/mol. The lowest BCUT2D eigenvalue weighted by molar-refractivity contribution is 0.0448. The number of anilines is 1. The fourth-order valence-corrected chi connectivity index (χ4v) is 4.02. The average Bonchev–Trinajstić information content (AvgIpc) is 3.37. The molecule has 9 heteroatoms. The van der Waals surface area contributed by atoms with Gasteiger partial charge in [-0.3, -0.25) is 4.79 Å². The van der Waals surface area contributed by atoms with Crippen LogP contribution >= 0.6 is 0 Å². The van der Waals surface area contributed by atoms with Crippen LogP contribution in [0.15, 0.2) is 36.8 Å². The molecule has 1 saturated carbocycles. The summed E-state index contributed by atoms with van der Waals surface area (Å²) in [4.78, 5) is 22.3. The smallest absolute Gasteiger partial charge is 0.257 e. The van der Waals surface area contributed by atoms with Gasteiger partial charge in [-0.25, -0.2) is 9.97 Å². The predicted molar refractivity (Wildman–Crippen MR) is 118 cm³/mol. The summed E-state index contributed by atoms with van der Waals surface area (Å²) in [6.07, 6.45) is 6.36. The summed E-state index contributed by atoms with van der Waals surface area (Å²) in [6, 6.07) is 5.89. The number of aliphatic hydroxyl groups excluding tert-OH is 1. The number of pyridine rings is 1. The summed E-state index contributed by atoms with van der Waals surface area (Å²) in [5.74, 6) is 0.439. The lowest BCUT2D eigenvalue weighted by atomic mass is 9.89. The average molecular weight is 419 g/mol. The first-order valence-electron chi connectivity index (χ1n) is 10.5. The van der Waals surface area contributed by atoms with Crippen LogP contribution in [0.25, 0.3) is 27.9 Å². The van der Waals surface area contributed by atoms with Crippen LogP contribution in [0.5, 0.6) is 0 Å². The topological polar surface area (TPSA) is 109 Å². The molecule has 0 spiro atoms. The number of hydrogen-bond acceptors (Lipinski definition) is 6. The number of carbonyl (C=O) groups excluding carboxylic acids is 1. The number of amides is 1. The summed E-state index contributed by atoms with van der Waals surface area (Å²) in [5, 5.41) is 21.2. The van der Waals surface area contributed by atoms with Gasteiger partial charge in [-0.15, -0.1) is 0 Å². The maximum absolute atomic E-state index is 12.9. The molecule has 4 aromatic rings. The molecule has 0 aromatic carbocycles. The summed E-state index contributed by atoms with van der Waals surface area (Å²) < 4.78 is 3.74. The van der Waals surface area contributed by atoms with Crippen LogP contribution in [0.1, 0.15) is 43.1 Å². The predicted octanol–water partition coefficient (Wildman–Crippen LogP) is 2.62. The van der Waals surface area contributed by atoms with Gasteiger partial charge in [0.15, 0.2) is 5.65 Å². The number of aliphatic hydroxyl groups is 1. The van der Waals surface area contributed by atoms with Gasteiger partial charge in [-0.05, 0) is 38.8 Å². The maximum Gasteiger partial charge on any atom is 0.257 e. The minimum absolute atomic E-state index is 0.218. The van der Waals surface area contributed by atoms with Gasteiger partial charge in [0.05, 0.1) is 24.0 Å². The van der Waals surface area contributed by atoms with Crippen molar-refractivity contribution in [2.75, 3.05) is 12.4 Å². The molecule has 1 fully saturated rings. The molecule has 160 valence electrons. The van der Waals surface area contributed by atoms with Gasteiger partial charge >= 0.3 is 0 Å². The Balaban J connectivity index is 1.65. The van der Waals surface area contributed by atoms with Crippen molar-refractivity contribution in [3.63, 3.8) is 0 Å². The molecule has 3 N–H and O–H groups in total. The zero-order chi connectivity index (χ0) is 21.7. The molecule has 4 heterocycles. The van der Waals surface area contributed by atoms with Crippen LogP contribution in [0.3, 0.4) is 0 Å². The Hall–Kier alpha value is -3.46. The third kappa shape index (κ3) is 3.12. The molecule has 0 saturated heterocycles. The highest BCUT2D eigenvalue weighted by Crippen LogP contribution is 2.32. The molecule has 0 aliphatic heterocycles. The van der Waals surface area contributed by atoms with Gasteiger partial charge in [0.1, 0.15) is 17.0 Å². The number of fused-ring (bicyclic) bond motifs is 2. The summed E-state index contributed by atoms with van der Waals surface area (Å²) >= 11 is 0. The van der Waals surface area contributed by atoms with E-state index in [0.717, 1.165) is 34.5 Å². The molecule has 9 nitrogen and oxygen atoms in total. The van der Waals surface area contributed by atoms with E-state index in [0.29, 0.717) is 17.6 Å². The fraction of sp³-hybridized carbons (Fsp3) is 0.364. The molecule has 0 bridgehead atoms. The van der Waals surface area contributed by atoms with Crippen molar-refractivity contribution in [1.82, 2.24) is 29.5 Å². The SMILES string of the molecule is CNc1cc(-c2cn(C(C)C)c3ncccc23)nc2c(C(=O)N[C@@H]3CC[C@@H]3O)cnn12. The molecule has 4 aromatic heterocycles. The van der Waals surface area contributed by atoms with Gasteiger partial charge in [0.25, 0.3) is 5.91 Å². The minimum Gasteiger partial charge on any atom is -0.391 e. The van der Waals surface area contributed by atoms with Crippen LogP contribution in [0, 0.1) is 0 Å². The lowest BCUT2D eigenvalue weighted by Gasteiger charge is -2.32. The van der Waals surface area contributed by atoms with Crippen molar-refractivity contribution >= 4 is 28.4 Å². The Labute approximate surface area is 179 Å². The van der Waals surface area contributed by atoms with Crippen LogP contribution in [0.2, 0.25) is 0 Å². The molecule has 1 aliphatic rings. The second kappa shape index (κ2) is 7.35. The maximum atomic E-state index is 12.9. The number of carbonyl (C=O) groups is 1. The Bertz CT molecular complexity index is 1290. The monoisotopic (exact) mass is 419 g/mol. The van der Waals surface area contributed by atoms with E-state index in [4.69, 9.17) is 4.98 Å². The molecule has 5 rings (SSSR count). The quantitative estimate of drug-likeness (QED) is 0.459. The second-order valence-corrected chi connectivity index (χ2v) is 8.21. The van der Waals surface area contributed by atoms with Crippen molar-refractivity contribution in [1.29, 1.82) is 0 Å². The number of aromatic nitrogens is 5. The largest absolute Gasteiger partial charge is 0.391 e. The standard InChI is InChI=1S/C22H25N7O2/c1-12(2)28-11-15(13-5-4-8-24-20(13)28)17-9-19(23-3)29-21(26-17)14(10-25-29)22(31)27-16-6-7-18(16)30/h4-5,8-12,16,18,23,30H,6-7H2,1-3H3,(H,27,31)/t16-,18+/m1/s1. The van der Waals surface area contributed by atoms with Gasteiger partial charge in [-0.1, -0.05) is 0 Å². The van der Waals surface area contributed by atoms with Crippen molar-refractivity contribution in [2.45, 2.75) is 44.9 Å². The van der Waals surface area contributed by atoms with Crippen LogP contribution in [0.4, 0.5) is 5.82 Å². The minimum atomic E-state index is -0.489. The van der Waals surface area contributed by atoms with Gasteiger partial charge in [0, 0.05) is 42.5 Å². The van der Waals surface area contributed by atoms with E-state index in [9.17, 15) is 9.90 Å². The van der Waals surface area contributed by atoms with E-state index < -0.39 is 6.10 Å². The zero-order valence-corrected chi connectivity index (χ0v) is 17.7. The highest BCUT2D eigenvalue weighted by Gasteiger charge is 2.31. The highest BCUT2D eigenvalue weighted by molar-refractivity contribution is 6.01. The second-order valence-electron chi connectivity index (χ2n) is 8.21. The van der Waals surface area contributed by atoms with Crippen LogP contribution in [-0.4, -0.2) is 54.4 Å². The van der Waals surface area contributed by atoms with Gasteiger partial charge < -0.3 is 20.3 Å². The zero-order valence-electron chi connectivity index (χ0n) is 17.7. The third-order valence-corrected chi connectivity index (χ3v) is 5.95.